The Kier molecular flexibility index (Phi) is 6.69. The Morgan fingerprint density at radius 1 is 0.920 bits per heavy atom. The number of methoxy groups -OCH3 is 3. The van der Waals surface area contributed by atoms with Crippen LogP contribution >= 0.6 is 0 Å². The van der Waals surface area contributed by atoms with Crippen LogP contribution in [0.1, 0.15) is 27.9 Å². The molecule has 0 fully saturated rings. The standard InChI is InChI=1S/C20H25NO4/c1-14-12-16(8-10-17(14)23-2)20(22)21-11-5-6-15-7-9-18(24-3)19(13-15)25-4/h7-10,12-13H,5-6,11H2,1-4H3,(H,21,22). The minimum Gasteiger partial charge on any atom is -0.496 e. The van der Waals surface area contributed by atoms with Crippen molar-refractivity contribution in [3.63, 3.8) is 0 Å². The minimum absolute atomic E-state index is 0.0712. The number of rotatable bonds is 8. The lowest BCUT2D eigenvalue weighted by Gasteiger charge is -2.10. The average molecular weight is 343 g/mol. The molecule has 1 N–H and O–H groups in total. The SMILES string of the molecule is COc1ccc(C(=O)NCCCc2ccc(OC)c(OC)c2)cc1C. The molecule has 0 bridgehead atoms. The molecule has 0 aliphatic rings. The maximum absolute atomic E-state index is 12.2. The molecule has 5 nitrogen and oxygen atoms in total. The van der Waals surface area contributed by atoms with E-state index in [1.807, 2.05) is 37.3 Å². The summed E-state index contributed by atoms with van der Waals surface area (Å²) < 4.78 is 15.7. The van der Waals surface area contributed by atoms with Crippen molar-refractivity contribution < 1.29 is 19.0 Å². The first-order chi connectivity index (χ1) is 12.1. The molecule has 134 valence electrons. The minimum atomic E-state index is -0.0712. The molecule has 0 saturated heterocycles. The van der Waals surface area contributed by atoms with Gasteiger partial charge in [-0.25, -0.2) is 0 Å². The van der Waals surface area contributed by atoms with Gasteiger partial charge in [-0.3, -0.25) is 4.79 Å². The van der Waals surface area contributed by atoms with Crippen LogP contribution in [0.3, 0.4) is 0 Å². The third kappa shape index (κ3) is 4.89. The number of aryl methyl sites for hydroxylation is 2. The molecule has 0 aliphatic heterocycles. The summed E-state index contributed by atoms with van der Waals surface area (Å²) in [6.45, 7) is 2.53. The molecule has 5 heteroatoms. The Hall–Kier alpha value is -2.69. The Balaban J connectivity index is 1.84. The van der Waals surface area contributed by atoms with E-state index in [1.165, 1.54) is 0 Å². The molecule has 0 heterocycles. The Morgan fingerprint density at radius 3 is 2.24 bits per heavy atom. The smallest absolute Gasteiger partial charge is 0.251 e. The zero-order valence-electron chi connectivity index (χ0n) is 15.2. The van der Waals surface area contributed by atoms with Gasteiger partial charge in [0.1, 0.15) is 5.75 Å². The van der Waals surface area contributed by atoms with Gasteiger partial charge in [-0.2, -0.15) is 0 Å². The van der Waals surface area contributed by atoms with Gasteiger partial charge in [-0.05, 0) is 61.2 Å². The summed E-state index contributed by atoms with van der Waals surface area (Å²) in [7, 11) is 4.86. The Bertz CT molecular complexity index is 728. The molecule has 0 atom stereocenters. The van der Waals surface area contributed by atoms with Gasteiger partial charge in [0.15, 0.2) is 11.5 Å². The van der Waals surface area contributed by atoms with Crippen molar-refractivity contribution in [2.24, 2.45) is 0 Å². The van der Waals surface area contributed by atoms with Crippen LogP contribution in [0.2, 0.25) is 0 Å². The van der Waals surface area contributed by atoms with Crippen molar-refractivity contribution in [1.82, 2.24) is 5.32 Å². The molecule has 0 spiro atoms. The summed E-state index contributed by atoms with van der Waals surface area (Å²) >= 11 is 0. The molecule has 0 radical (unpaired) electrons. The molecule has 0 aromatic heterocycles. The highest BCUT2D eigenvalue weighted by Crippen LogP contribution is 2.27. The third-order valence-electron chi connectivity index (χ3n) is 4.03. The molecule has 1 amide bonds. The van der Waals surface area contributed by atoms with E-state index in [1.54, 1.807) is 27.4 Å². The van der Waals surface area contributed by atoms with Crippen molar-refractivity contribution >= 4 is 5.91 Å². The van der Waals surface area contributed by atoms with Gasteiger partial charge in [-0.15, -0.1) is 0 Å². The van der Waals surface area contributed by atoms with Crippen LogP contribution in [0, 0.1) is 6.92 Å². The van der Waals surface area contributed by atoms with Crippen LogP contribution in [0.15, 0.2) is 36.4 Å². The van der Waals surface area contributed by atoms with Crippen LogP contribution < -0.4 is 19.5 Å². The summed E-state index contributed by atoms with van der Waals surface area (Å²) in [5, 5.41) is 2.95. The summed E-state index contributed by atoms with van der Waals surface area (Å²) in [5.41, 5.74) is 2.73. The molecular formula is C20H25NO4. The first kappa shape index (κ1) is 18.6. The van der Waals surface area contributed by atoms with Gasteiger partial charge >= 0.3 is 0 Å². The second-order valence-electron chi connectivity index (χ2n) is 5.73. The quantitative estimate of drug-likeness (QED) is 0.747. The van der Waals surface area contributed by atoms with Gasteiger partial charge < -0.3 is 19.5 Å². The number of benzene rings is 2. The molecular weight excluding hydrogens is 318 g/mol. The summed E-state index contributed by atoms with van der Waals surface area (Å²) in [6.07, 6.45) is 1.69. The fourth-order valence-corrected chi connectivity index (χ4v) is 2.65. The number of carbonyl (C=O) groups excluding carboxylic acids is 1. The van der Waals surface area contributed by atoms with Crippen LogP contribution in [-0.4, -0.2) is 33.8 Å². The van der Waals surface area contributed by atoms with Crippen molar-refractivity contribution in [3.8, 4) is 17.2 Å². The van der Waals surface area contributed by atoms with E-state index in [2.05, 4.69) is 5.32 Å². The molecule has 0 saturated carbocycles. The molecule has 2 aromatic carbocycles. The normalized spacial score (nSPS) is 10.2. The van der Waals surface area contributed by atoms with Gasteiger partial charge in [0.2, 0.25) is 0 Å². The lowest BCUT2D eigenvalue weighted by molar-refractivity contribution is 0.0953. The lowest BCUT2D eigenvalue weighted by atomic mass is 10.1. The monoisotopic (exact) mass is 343 g/mol. The number of carbonyl (C=O) groups is 1. The summed E-state index contributed by atoms with van der Waals surface area (Å²) in [4.78, 5) is 12.2. The fraction of sp³-hybridized carbons (Fsp3) is 0.350. The van der Waals surface area contributed by atoms with Crippen molar-refractivity contribution in [2.75, 3.05) is 27.9 Å². The van der Waals surface area contributed by atoms with E-state index in [-0.39, 0.29) is 5.91 Å². The number of nitrogens with one attached hydrogen (secondary N) is 1. The fourth-order valence-electron chi connectivity index (χ4n) is 2.65. The highest BCUT2D eigenvalue weighted by atomic mass is 16.5. The molecule has 2 aromatic rings. The maximum atomic E-state index is 12.2. The largest absolute Gasteiger partial charge is 0.496 e. The summed E-state index contributed by atoms with van der Waals surface area (Å²) in [5.74, 6) is 2.15. The molecule has 2 rings (SSSR count). The lowest BCUT2D eigenvalue weighted by Crippen LogP contribution is -2.24. The Labute approximate surface area is 148 Å². The first-order valence-corrected chi connectivity index (χ1v) is 8.22. The van der Waals surface area contributed by atoms with Gasteiger partial charge in [0, 0.05) is 12.1 Å². The molecule has 25 heavy (non-hydrogen) atoms. The second-order valence-corrected chi connectivity index (χ2v) is 5.73. The Morgan fingerprint density at radius 2 is 1.60 bits per heavy atom. The third-order valence-corrected chi connectivity index (χ3v) is 4.03. The van der Waals surface area contributed by atoms with Gasteiger partial charge in [0.25, 0.3) is 5.91 Å². The van der Waals surface area contributed by atoms with Crippen molar-refractivity contribution in [2.45, 2.75) is 19.8 Å². The van der Waals surface area contributed by atoms with Gasteiger partial charge in [-0.1, -0.05) is 6.07 Å². The predicted octanol–water partition coefficient (Wildman–Crippen LogP) is 3.38. The second kappa shape index (κ2) is 8.97. The number of ether oxygens (including phenoxy) is 3. The van der Waals surface area contributed by atoms with Crippen LogP contribution in [-0.2, 0) is 6.42 Å². The van der Waals surface area contributed by atoms with Crippen LogP contribution in [0.25, 0.3) is 0 Å². The zero-order chi connectivity index (χ0) is 18.2. The van der Waals surface area contributed by atoms with E-state index in [9.17, 15) is 4.79 Å². The van der Waals surface area contributed by atoms with Gasteiger partial charge in [0.05, 0.1) is 21.3 Å². The van der Waals surface area contributed by atoms with E-state index < -0.39 is 0 Å². The molecule has 0 aliphatic carbocycles. The number of hydrogen-bond acceptors (Lipinski definition) is 4. The van der Waals surface area contributed by atoms with Crippen molar-refractivity contribution in [3.05, 3.63) is 53.1 Å². The number of amides is 1. The summed E-state index contributed by atoms with van der Waals surface area (Å²) in [6, 6.07) is 11.3. The maximum Gasteiger partial charge on any atom is 0.251 e. The van der Waals surface area contributed by atoms with E-state index >= 15 is 0 Å². The zero-order valence-corrected chi connectivity index (χ0v) is 15.2. The van der Waals surface area contributed by atoms with Crippen molar-refractivity contribution in [1.29, 1.82) is 0 Å². The highest BCUT2D eigenvalue weighted by Gasteiger charge is 2.08. The van der Waals surface area contributed by atoms with E-state index in [4.69, 9.17) is 14.2 Å². The highest BCUT2D eigenvalue weighted by molar-refractivity contribution is 5.94. The van der Waals surface area contributed by atoms with Crippen LogP contribution in [0.5, 0.6) is 17.2 Å². The van der Waals surface area contributed by atoms with E-state index in [0.29, 0.717) is 12.1 Å². The average Bonchev–Trinajstić information content (AvgIpc) is 2.64. The number of hydrogen-bond donors (Lipinski definition) is 1. The first-order valence-electron chi connectivity index (χ1n) is 8.22. The van der Waals surface area contributed by atoms with Crippen LogP contribution in [0.4, 0.5) is 0 Å². The predicted molar refractivity (Wildman–Crippen MR) is 97.9 cm³/mol. The molecule has 0 unspecified atom stereocenters. The van der Waals surface area contributed by atoms with E-state index in [0.717, 1.165) is 41.2 Å². The topological polar surface area (TPSA) is 56.8 Å².